The maximum atomic E-state index is 12.7. The Morgan fingerprint density at radius 1 is 1.23 bits per heavy atom. The van der Waals surface area contributed by atoms with Crippen molar-refractivity contribution in [3.8, 4) is 0 Å². The molecule has 4 rings (SSSR count). The van der Waals surface area contributed by atoms with E-state index in [1.807, 2.05) is 15.6 Å². The lowest BCUT2D eigenvalue weighted by atomic mass is 10.1. The molecule has 0 saturated carbocycles. The number of anilines is 1. The molecule has 0 atom stereocenters. The van der Waals surface area contributed by atoms with Crippen LogP contribution >= 0.6 is 11.6 Å². The monoisotopic (exact) mass is 368 g/mol. The van der Waals surface area contributed by atoms with Crippen molar-refractivity contribution < 1.29 is 4.79 Å². The molecule has 1 aliphatic heterocycles. The van der Waals surface area contributed by atoms with Gasteiger partial charge < -0.3 is 10.2 Å². The highest BCUT2D eigenvalue weighted by Crippen LogP contribution is 2.18. The van der Waals surface area contributed by atoms with Gasteiger partial charge in [0.05, 0.1) is 37.2 Å². The van der Waals surface area contributed by atoms with E-state index in [4.69, 9.17) is 11.6 Å². The maximum absolute atomic E-state index is 12.7. The van der Waals surface area contributed by atoms with Crippen molar-refractivity contribution in [1.29, 1.82) is 0 Å². The summed E-state index contributed by atoms with van der Waals surface area (Å²) in [6.45, 7) is 2.38. The van der Waals surface area contributed by atoms with E-state index in [0.717, 1.165) is 11.4 Å². The number of benzene rings is 1. The SMILES string of the molecule is O=C(c1cccc(Cl)c1)N1CCn2nc(CNc3cnccn3)cc2C1. The zero-order chi connectivity index (χ0) is 17.9. The zero-order valence-corrected chi connectivity index (χ0v) is 14.7. The fraction of sp³-hybridized carbons (Fsp3) is 0.222. The van der Waals surface area contributed by atoms with Crippen molar-refractivity contribution in [3.05, 3.63) is 70.9 Å². The van der Waals surface area contributed by atoms with Crippen LogP contribution in [0.25, 0.3) is 0 Å². The van der Waals surface area contributed by atoms with E-state index in [2.05, 4.69) is 20.4 Å². The van der Waals surface area contributed by atoms with Crippen molar-refractivity contribution in [3.63, 3.8) is 0 Å². The van der Waals surface area contributed by atoms with E-state index >= 15 is 0 Å². The Labute approximate surface area is 155 Å². The number of nitrogens with one attached hydrogen (secondary N) is 1. The molecule has 0 spiro atoms. The fourth-order valence-corrected chi connectivity index (χ4v) is 3.15. The first-order chi connectivity index (χ1) is 12.7. The van der Waals surface area contributed by atoms with Crippen LogP contribution in [-0.4, -0.2) is 37.1 Å². The van der Waals surface area contributed by atoms with E-state index in [1.54, 1.807) is 42.9 Å². The van der Waals surface area contributed by atoms with Gasteiger partial charge in [-0.1, -0.05) is 17.7 Å². The van der Waals surface area contributed by atoms with E-state index in [1.165, 1.54) is 0 Å². The largest absolute Gasteiger partial charge is 0.363 e. The molecule has 0 bridgehead atoms. The van der Waals surface area contributed by atoms with Crippen LogP contribution in [0.5, 0.6) is 0 Å². The number of halogens is 1. The molecule has 1 aliphatic rings. The number of rotatable bonds is 4. The first-order valence-corrected chi connectivity index (χ1v) is 8.67. The molecular formula is C18H17ClN6O. The lowest BCUT2D eigenvalue weighted by Gasteiger charge is -2.27. The van der Waals surface area contributed by atoms with Gasteiger partial charge in [0.15, 0.2) is 0 Å². The number of aromatic nitrogens is 4. The van der Waals surface area contributed by atoms with Crippen molar-refractivity contribution in [1.82, 2.24) is 24.6 Å². The Balaban J connectivity index is 1.44. The molecule has 0 unspecified atom stereocenters. The summed E-state index contributed by atoms with van der Waals surface area (Å²) in [7, 11) is 0. The van der Waals surface area contributed by atoms with Gasteiger partial charge >= 0.3 is 0 Å². The molecule has 132 valence electrons. The Morgan fingerprint density at radius 3 is 2.96 bits per heavy atom. The number of hydrogen-bond donors (Lipinski definition) is 1. The summed E-state index contributed by atoms with van der Waals surface area (Å²) in [6, 6.07) is 9.06. The van der Waals surface area contributed by atoms with Crippen LogP contribution in [0.2, 0.25) is 5.02 Å². The number of nitrogens with zero attached hydrogens (tertiary/aromatic N) is 5. The average Bonchev–Trinajstić information content (AvgIpc) is 3.08. The zero-order valence-electron chi connectivity index (χ0n) is 14.0. The maximum Gasteiger partial charge on any atom is 0.254 e. The van der Waals surface area contributed by atoms with Gasteiger partial charge in [-0.2, -0.15) is 5.10 Å². The van der Waals surface area contributed by atoms with E-state index in [-0.39, 0.29) is 5.91 Å². The first kappa shape index (κ1) is 16.5. The molecule has 1 aromatic carbocycles. The van der Waals surface area contributed by atoms with Crippen LogP contribution in [0.3, 0.4) is 0 Å². The Hall–Kier alpha value is -2.93. The molecule has 3 heterocycles. The predicted molar refractivity (Wildman–Crippen MR) is 97.8 cm³/mol. The van der Waals surface area contributed by atoms with Gasteiger partial charge in [0.1, 0.15) is 5.82 Å². The minimum absolute atomic E-state index is 0.0146. The second kappa shape index (κ2) is 7.13. The molecule has 8 heteroatoms. The molecule has 26 heavy (non-hydrogen) atoms. The Bertz CT molecular complexity index is 926. The molecule has 3 aromatic rings. The highest BCUT2D eigenvalue weighted by molar-refractivity contribution is 6.30. The highest BCUT2D eigenvalue weighted by atomic mass is 35.5. The quantitative estimate of drug-likeness (QED) is 0.766. The smallest absolute Gasteiger partial charge is 0.254 e. The second-order valence-corrected chi connectivity index (χ2v) is 6.47. The third-order valence-corrected chi connectivity index (χ3v) is 4.46. The van der Waals surface area contributed by atoms with E-state index < -0.39 is 0 Å². The molecule has 0 radical (unpaired) electrons. The van der Waals surface area contributed by atoms with Gasteiger partial charge in [-0.05, 0) is 24.3 Å². The molecule has 1 N–H and O–H groups in total. The Kier molecular flexibility index (Phi) is 4.53. The van der Waals surface area contributed by atoms with Crippen LogP contribution < -0.4 is 5.32 Å². The van der Waals surface area contributed by atoms with Gasteiger partial charge in [0.25, 0.3) is 5.91 Å². The third kappa shape index (κ3) is 3.52. The second-order valence-electron chi connectivity index (χ2n) is 6.03. The molecule has 1 amide bonds. The van der Waals surface area contributed by atoms with E-state index in [0.29, 0.717) is 42.6 Å². The van der Waals surface area contributed by atoms with Crippen molar-refractivity contribution in [2.24, 2.45) is 0 Å². The summed E-state index contributed by atoms with van der Waals surface area (Å²) in [6.07, 6.45) is 4.94. The topological polar surface area (TPSA) is 75.9 Å². The predicted octanol–water partition coefficient (Wildman–Crippen LogP) is 2.59. The lowest BCUT2D eigenvalue weighted by Crippen LogP contribution is -2.38. The number of hydrogen-bond acceptors (Lipinski definition) is 5. The molecule has 0 saturated heterocycles. The summed E-state index contributed by atoms with van der Waals surface area (Å²) in [5.41, 5.74) is 2.53. The summed E-state index contributed by atoms with van der Waals surface area (Å²) in [5, 5.41) is 8.35. The summed E-state index contributed by atoms with van der Waals surface area (Å²) >= 11 is 6.00. The molecular weight excluding hydrogens is 352 g/mol. The molecule has 7 nitrogen and oxygen atoms in total. The number of carbonyl (C=O) groups is 1. The van der Waals surface area contributed by atoms with Gasteiger partial charge in [-0.3, -0.25) is 14.5 Å². The van der Waals surface area contributed by atoms with Crippen molar-refractivity contribution in [2.45, 2.75) is 19.6 Å². The minimum Gasteiger partial charge on any atom is -0.363 e. The van der Waals surface area contributed by atoms with Crippen LogP contribution in [0.15, 0.2) is 48.9 Å². The number of carbonyl (C=O) groups excluding carboxylic acids is 1. The van der Waals surface area contributed by atoms with Crippen LogP contribution in [0.4, 0.5) is 5.82 Å². The fourth-order valence-electron chi connectivity index (χ4n) is 2.96. The molecule has 2 aromatic heterocycles. The minimum atomic E-state index is -0.0146. The third-order valence-electron chi connectivity index (χ3n) is 4.22. The lowest BCUT2D eigenvalue weighted by molar-refractivity contribution is 0.0706. The molecule has 0 aliphatic carbocycles. The van der Waals surface area contributed by atoms with Crippen LogP contribution in [0, 0.1) is 0 Å². The molecule has 0 fully saturated rings. The summed E-state index contributed by atoms with van der Waals surface area (Å²) in [4.78, 5) is 22.7. The Morgan fingerprint density at radius 2 is 2.15 bits per heavy atom. The van der Waals surface area contributed by atoms with Gasteiger partial charge in [-0.25, -0.2) is 4.98 Å². The van der Waals surface area contributed by atoms with E-state index in [9.17, 15) is 4.79 Å². The normalized spacial score (nSPS) is 13.3. The first-order valence-electron chi connectivity index (χ1n) is 8.29. The number of fused-ring (bicyclic) bond motifs is 1. The van der Waals surface area contributed by atoms with Gasteiger partial charge in [0.2, 0.25) is 0 Å². The summed E-state index contributed by atoms with van der Waals surface area (Å²) in [5.74, 6) is 0.690. The van der Waals surface area contributed by atoms with Crippen LogP contribution in [0.1, 0.15) is 21.7 Å². The van der Waals surface area contributed by atoms with Crippen LogP contribution in [-0.2, 0) is 19.6 Å². The van der Waals surface area contributed by atoms with Crippen molar-refractivity contribution >= 4 is 23.3 Å². The standard InChI is InChI=1S/C18H17ClN6O/c19-14-3-1-2-13(8-14)18(26)24-6-7-25-16(12-24)9-15(23-25)10-22-17-11-20-4-5-21-17/h1-5,8-9,11H,6-7,10,12H2,(H,21,22). The highest BCUT2D eigenvalue weighted by Gasteiger charge is 2.23. The average molecular weight is 369 g/mol. The number of amides is 1. The van der Waals surface area contributed by atoms with Crippen molar-refractivity contribution in [2.75, 3.05) is 11.9 Å². The van der Waals surface area contributed by atoms with Gasteiger partial charge in [0, 0.05) is 29.5 Å². The summed E-state index contributed by atoms with van der Waals surface area (Å²) < 4.78 is 1.95. The van der Waals surface area contributed by atoms with Gasteiger partial charge in [-0.15, -0.1) is 0 Å².